The molecular weight excluding hydrogens is 506 g/mol. The van der Waals surface area contributed by atoms with Crippen molar-refractivity contribution in [3.8, 4) is 11.3 Å². The van der Waals surface area contributed by atoms with Gasteiger partial charge in [-0.25, -0.2) is 4.98 Å². The molecule has 2 aromatic carbocycles. The highest BCUT2D eigenvalue weighted by molar-refractivity contribution is 8.00. The summed E-state index contributed by atoms with van der Waals surface area (Å²) >= 11 is 8.64. The van der Waals surface area contributed by atoms with Gasteiger partial charge in [0.2, 0.25) is 11.8 Å². The van der Waals surface area contributed by atoms with Crippen LogP contribution in [0.2, 0.25) is 5.02 Å². The van der Waals surface area contributed by atoms with Crippen LogP contribution in [0.3, 0.4) is 0 Å². The minimum Gasteiger partial charge on any atom is -0.481 e. The fraction of sp³-hybridized carbons (Fsp3) is 0.200. The Morgan fingerprint density at radius 2 is 1.69 bits per heavy atom. The van der Waals surface area contributed by atoms with E-state index in [4.69, 9.17) is 11.6 Å². The lowest BCUT2D eigenvalue weighted by atomic mass is 9.82. The van der Waals surface area contributed by atoms with E-state index in [1.54, 1.807) is 30.3 Å². The Morgan fingerprint density at radius 1 is 1.00 bits per heavy atom. The maximum atomic E-state index is 12.6. The normalized spacial score (nSPS) is 17.1. The molecule has 0 aliphatic heterocycles. The summed E-state index contributed by atoms with van der Waals surface area (Å²) in [5, 5.41) is 18.0. The first kappa shape index (κ1) is 25.0. The monoisotopic (exact) mass is 527 g/mol. The molecular formula is C25H22ClN3O4S2. The van der Waals surface area contributed by atoms with E-state index in [0.717, 1.165) is 16.2 Å². The van der Waals surface area contributed by atoms with Crippen molar-refractivity contribution in [1.82, 2.24) is 4.98 Å². The van der Waals surface area contributed by atoms with E-state index >= 15 is 0 Å². The van der Waals surface area contributed by atoms with Crippen LogP contribution < -0.4 is 10.6 Å². The lowest BCUT2D eigenvalue weighted by molar-refractivity contribution is -0.146. The van der Waals surface area contributed by atoms with Gasteiger partial charge >= 0.3 is 5.97 Å². The summed E-state index contributed by atoms with van der Waals surface area (Å²) < 4.78 is 0. The van der Waals surface area contributed by atoms with Crippen LogP contribution in [0.25, 0.3) is 11.3 Å². The van der Waals surface area contributed by atoms with Crippen molar-refractivity contribution in [2.45, 2.75) is 17.7 Å². The summed E-state index contributed by atoms with van der Waals surface area (Å²) in [4.78, 5) is 41.7. The van der Waals surface area contributed by atoms with Gasteiger partial charge in [0.05, 0.1) is 23.3 Å². The van der Waals surface area contributed by atoms with Crippen LogP contribution in [0.5, 0.6) is 0 Å². The van der Waals surface area contributed by atoms with Crippen LogP contribution in [0.1, 0.15) is 12.8 Å². The van der Waals surface area contributed by atoms with Crippen LogP contribution in [-0.2, 0) is 14.4 Å². The highest BCUT2D eigenvalue weighted by Gasteiger charge is 2.33. The van der Waals surface area contributed by atoms with Gasteiger partial charge in [-0.15, -0.1) is 23.1 Å². The number of aromatic nitrogens is 1. The highest BCUT2D eigenvalue weighted by atomic mass is 35.5. The number of thioether (sulfide) groups is 1. The van der Waals surface area contributed by atoms with E-state index in [0.29, 0.717) is 28.7 Å². The number of hydrogen-bond acceptors (Lipinski definition) is 6. The first-order valence-electron chi connectivity index (χ1n) is 10.8. The molecule has 35 heavy (non-hydrogen) atoms. The van der Waals surface area contributed by atoms with E-state index in [2.05, 4.69) is 15.6 Å². The molecule has 0 bridgehead atoms. The molecule has 0 fully saturated rings. The molecule has 1 aromatic heterocycles. The van der Waals surface area contributed by atoms with Gasteiger partial charge in [0, 0.05) is 26.5 Å². The molecule has 0 saturated heterocycles. The number of thiazole rings is 1. The minimum atomic E-state index is -0.960. The van der Waals surface area contributed by atoms with Crippen molar-refractivity contribution in [1.29, 1.82) is 0 Å². The van der Waals surface area contributed by atoms with Gasteiger partial charge in [-0.3, -0.25) is 14.4 Å². The minimum absolute atomic E-state index is 0.172. The lowest BCUT2D eigenvalue weighted by Crippen LogP contribution is -2.34. The molecule has 4 rings (SSSR count). The Morgan fingerprint density at radius 3 is 2.37 bits per heavy atom. The van der Waals surface area contributed by atoms with Gasteiger partial charge in [0.1, 0.15) is 0 Å². The summed E-state index contributed by atoms with van der Waals surface area (Å²) in [5.41, 5.74) is 2.28. The summed E-state index contributed by atoms with van der Waals surface area (Å²) in [7, 11) is 0. The number of rotatable bonds is 8. The van der Waals surface area contributed by atoms with Crippen molar-refractivity contribution in [3.05, 3.63) is 71.1 Å². The molecule has 0 radical (unpaired) electrons. The summed E-state index contributed by atoms with van der Waals surface area (Å²) in [5.74, 6) is -2.54. The SMILES string of the molecule is O=C(CSc1ccc(NC(=O)C2CC=CCC2C(=O)O)cc1)Nc1nc(-c2ccc(Cl)cc2)cs1. The average molecular weight is 528 g/mol. The number of hydrogen-bond donors (Lipinski definition) is 3. The molecule has 1 heterocycles. The zero-order valence-electron chi connectivity index (χ0n) is 18.4. The first-order valence-corrected chi connectivity index (χ1v) is 13.1. The lowest BCUT2D eigenvalue weighted by Gasteiger charge is -2.24. The highest BCUT2D eigenvalue weighted by Crippen LogP contribution is 2.29. The number of amides is 2. The number of carbonyl (C=O) groups excluding carboxylic acids is 2. The predicted octanol–water partition coefficient (Wildman–Crippen LogP) is 5.80. The van der Waals surface area contributed by atoms with E-state index in [9.17, 15) is 19.5 Å². The molecule has 180 valence electrons. The molecule has 2 atom stereocenters. The Bertz CT molecular complexity index is 1240. The van der Waals surface area contributed by atoms with Gasteiger partial charge < -0.3 is 15.7 Å². The van der Waals surface area contributed by atoms with Crippen molar-refractivity contribution in [3.63, 3.8) is 0 Å². The number of carboxylic acids is 1. The van der Waals surface area contributed by atoms with Crippen molar-refractivity contribution >= 4 is 63.3 Å². The summed E-state index contributed by atoms with van der Waals surface area (Å²) in [6.07, 6.45) is 4.41. The van der Waals surface area contributed by atoms with Crippen molar-refractivity contribution in [2.24, 2.45) is 11.8 Å². The van der Waals surface area contributed by atoms with Crippen LogP contribution in [0.4, 0.5) is 10.8 Å². The van der Waals surface area contributed by atoms with Crippen LogP contribution in [0, 0.1) is 11.8 Å². The Balaban J connectivity index is 1.26. The Labute approximate surface area is 215 Å². The summed E-state index contributed by atoms with van der Waals surface area (Å²) in [6.45, 7) is 0. The number of nitrogens with zero attached hydrogens (tertiary/aromatic N) is 1. The average Bonchev–Trinajstić information content (AvgIpc) is 3.32. The largest absolute Gasteiger partial charge is 0.481 e. The fourth-order valence-corrected chi connectivity index (χ4v) is 5.20. The van der Waals surface area contributed by atoms with Crippen LogP contribution in [0.15, 0.2) is 71.0 Å². The fourth-order valence-electron chi connectivity index (χ4n) is 3.63. The summed E-state index contributed by atoms with van der Waals surface area (Å²) in [6, 6.07) is 14.4. The smallest absolute Gasteiger partial charge is 0.307 e. The second kappa shape index (κ2) is 11.5. The first-order chi connectivity index (χ1) is 16.9. The number of carbonyl (C=O) groups is 3. The zero-order chi connectivity index (χ0) is 24.8. The second-order valence-electron chi connectivity index (χ2n) is 7.89. The molecule has 2 amide bonds. The molecule has 3 N–H and O–H groups in total. The van der Waals surface area contributed by atoms with Gasteiger partial charge in [0.25, 0.3) is 0 Å². The molecule has 1 aliphatic rings. The van der Waals surface area contributed by atoms with E-state index in [1.807, 2.05) is 35.7 Å². The molecule has 10 heteroatoms. The van der Waals surface area contributed by atoms with E-state index in [-0.39, 0.29) is 17.6 Å². The maximum Gasteiger partial charge on any atom is 0.307 e. The number of benzene rings is 2. The maximum absolute atomic E-state index is 12.6. The number of aliphatic carboxylic acids is 1. The van der Waals surface area contributed by atoms with Crippen molar-refractivity contribution in [2.75, 3.05) is 16.4 Å². The van der Waals surface area contributed by atoms with E-state index in [1.165, 1.54) is 23.1 Å². The van der Waals surface area contributed by atoms with Gasteiger partial charge in [-0.05, 0) is 49.2 Å². The third-order valence-corrected chi connectivity index (χ3v) is 7.49. The molecule has 2 unspecified atom stereocenters. The molecule has 3 aromatic rings. The number of nitrogens with one attached hydrogen (secondary N) is 2. The zero-order valence-corrected chi connectivity index (χ0v) is 20.8. The van der Waals surface area contributed by atoms with Gasteiger partial charge in [-0.2, -0.15) is 0 Å². The second-order valence-corrected chi connectivity index (χ2v) is 10.2. The molecule has 1 aliphatic carbocycles. The topological polar surface area (TPSA) is 108 Å². The molecule has 7 nitrogen and oxygen atoms in total. The number of anilines is 2. The Kier molecular flexibility index (Phi) is 8.22. The number of carboxylic acid groups (broad SMARTS) is 1. The Hall–Kier alpha value is -3.14. The predicted molar refractivity (Wildman–Crippen MR) is 140 cm³/mol. The van der Waals surface area contributed by atoms with Crippen LogP contribution in [-0.4, -0.2) is 33.6 Å². The third kappa shape index (κ3) is 6.72. The molecule has 0 spiro atoms. The standard InChI is InChI=1S/C25H22ClN3O4S2/c26-16-7-5-15(6-8-16)21-13-35-25(28-21)29-22(30)14-34-18-11-9-17(10-12-18)27-23(31)19-3-1-2-4-20(19)24(32)33/h1-2,5-13,19-20H,3-4,14H2,(H,27,31)(H,32,33)(H,28,29,30). The van der Waals surface area contributed by atoms with Crippen LogP contribution >= 0.6 is 34.7 Å². The third-order valence-electron chi connectivity index (χ3n) is 5.47. The van der Waals surface area contributed by atoms with Crippen molar-refractivity contribution < 1.29 is 19.5 Å². The van der Waals surface area contributed by atoms with E-state index < -0.39 is 17.8 Å². The van der Waals surface area contributed by atoms with Gasteiger partial charge in [-0.1, -0.05) is 35.9 Å². The van der Waals surface area contributed by atoms with Gasteiger partial charge in [0.15, 0.2) is 5.13 Å². The molecule has 0 saturated carbocycles. The number of halogens is 1. The number of allylic oxidation sites excluding steroid dienone is 2. The quantitative estimate of drug-likeness (QED) is 0.252.